The van der Waals surface area contributed by atoms with E-state index in [1.165, 1.54) is 18.4 Å². The van der Waals surface area contributed by atoms with E-state index in [9.17, 15) is 19.5 Å². The largest absolute Gasteiger partial charge is 0.444 e. The maximum atomic E-state index is 13.3. The molecule has 0 saturated carbocycles. The van der Waals surface area contributed by atoms with E-state index in [2.05, 4.69) is 26.3 Å². The summed E-state index contributed by atoms with van der Waals surface area (Å²) in [5, 5.41) is 22.5. The van der Waals surface area contributed by atoms with Crippen molar-refractivity contribution in [2.45, 2.75) is 63.9 Å². The molecule has 0 bridgehead atoms. The van der Waals surface area contributed by atoms with Crippen molar-refractivity contribution in [3.05, 3.63) is 88.4 Å². The molecule has 0 aliphatic carbocycles. The number of aromatic nitrogens is 1. The Balaban J connectivity index is 1.77. The highest BCUT2D eigenvalue weighted by Gasteiger charge is 2.30. The number of benzene rings is 2. The van der Waals surface area contributed by atoms with Crippen LogP contribution in [0.5, 0.6) is 0 Å². The molecule has 41 heavy (non-hydrogen) atoms. The van der Waals surface area contributed by atoms with Gasteiger partial charge < -0.3 is 31.1 Å². The van der Waals surface area contributed by atoms with Gasteiger partial charge in [0.2, 0.25) is 5.91 Å². The van der Waals surface area contributed by atoms with Gasteiger partial charge in [-0.3, -0.25) is 9.78 Å². The van der Waals surface area contributed by atoms with Crippen LogP contribution in [0.1, 0.15) is 36.3 Å². The molecular formula is C30H39N5O5S. The van der Waals surface area contributed by atoms with E-state index >= 15 is 0 Å². The van der Waals surface area contributed by atoms with Gasteiger partial charge in [-0.1, -0.05) is 74.5 Å². The van der Waals surface area contributed by atoms with Gasteiger partial charge in [-0.15, -0.1) is 11.3 Å². The number of carbonyl (C=O) groups is 3. The van der Waals surface area contributed by atoms with Crippen molar-refractivity contribution in [1.29, 1.82) is 0 Å². The lowest BCUT2D eigenvalue weighted by atomic mass is 9.93. The van der Waals surface area contributed by atoms with Crippen molar-refractivity contribution < 1.29 is 24.2 Å². The predicted octanol–water partition coefficient (Wildman–Crippen LogP) is 3.41. The normalized spacial score (nSPS) is 13.9. The highest BCUT2D eigenvalue weighted by atomic mass is 32.1. The van der Waals surface area contributed by atoms with Crippen molar-refractivity contribution >= 4 is 29.4 Å². The molecule has 220 valence electrons. The van der Waals surface area contributed by atoms with Gasteiger partial charge in [0, 0.05) is 19.3 Å². The second-order valence-corrected chi connectivity index (χ2v) is 11.1. The van der Waals surface area contributed by atoms with E-state index < -0.39 is 36.4 Å². The van der Waals surface area contributed by atoms with Gasteiger partial charge in [-0.2, -0.15) is 0 Å². The lowest BCUT2D eigenvalue weighted by molar-refractivity contribution is -0.124. The minimum absolute atomic E-state index is 0.0757. The molecule has 0 aliphatic heterocycles. The van der Waals surface area contributed by atoms with Crippen molar-refractivity contribution in [2.24, 2.45) is 5.92 Å². The molecule has 0 saturated heterocycles. The number of thiazole rings is 1. The van der Waals surface area contributed by atoms with Crippen molar-refractivity contribution in [3.8, 4) is 0 Å². The molecule has 0 fully saturated rings. The maximum Gasteiger partial charge on any atom is 0.407 e. The first-order valence-corrected chi connectivity index (χ1v) is 14.5. The van der Waals surface area contributed by atoms with Gasteiger partial charge in [0.15, 0.2) is 0 Å². The van der Waals surface area contributed by atoms with Gasteiger partial charge in [-0.05, 0) is 36.3 Å². The van der Waals surface area contributed by atoms with Crippen LogP contribution in [-0.4, -0.2) is 59.4 Å². The summed E-state index contributed by atoms with van der Waals surface area (Å²) in [6.45, 7) is 3.77. The zero-order valence-corrected chi connectivity index (χ0v) is 24.4. The summed E-state index contributed by atoms with van der Waals surface area (Å²) in [5.74, 6) is -0.524. The quantitative estimate of drug-likeness (QED) is 0.198. The molecule has 1 aromatic heterocycles. The molecule has 0 radical (unpaired) electrons. The highest BCUT2D eigenvalue weighted by Crippen LogP contribution is 2.16. The molecule has 4 atom stereocenters. The number of hydrogen-bond donors (Lipinski definition) is 5. The Bertz CT molecular complexity index is 1210. The van der Waals surface area contributed by atoms with Crippen LogP contribution in [0.2, 0.25) is 0 Å². The van der Waals surface area contributed by atoms with Crippen LogP contribution in [0.4, 0.5) is 9.59 Å². The molecule has 3 rings (SSSR count). The van der Waals surface area contributed by atoms with Gasteiger partial charge >= 0.3 is 12.1 Å². The average Bonchev–Trinajstić information content (AvgIpc) is 3.49. The minimum Gasteiger partial charge on any atom is -0.444 e. The Morgan fingerprint density at radius 2 is 1.56 bits per heavy atom. The molecule has 1 heterocycles. The summed E-state index contributed by atoms with van der Waals surface area (Å²) in [6.07, 6.45) is 0.909. The minimum atomic E-state index is -1.02. The molecule has 0 unspecified atom stereocenters. The topological polar surface area (TPSA) is 142 Å². The third-order valence-electron chi connectivity index (χ3n) is 6.56. The molecule has 10 nitrogen and oxygen atoms in total. The van der Waals surface area contributed by atoms with Crippen LogP contribution >= 0.6 is 11.3 Å². The molecule has 0 spiro atoms. The fraction of sp³-hybridized carbons (Fsp3) is 0.400. The number of aliphatic hydroxyl groups is 1. The van der Waals surface area contributed by atoms with Gasteiger partial charge in [-0.25, -0.2) is 9.59 Å². The molecule has 4 amide bonds. The third-order valence-corrected chi connectivity index (χ3v) is 7.31. The maximum absolute atomic E-state index is 13.3. The Morgan fingerprint density at radius 1 is 0.927 bits per heavy atom. The number of amides is 4. The molecule has 2 aromatic carbocycles. The second-order valence-electron chi connectivity index (χ2n) is 10.1. The molecular weight excluding hydrogens is 542 g/mol. The van der Waals surface area contributed by atoms with Crippen LogP contribution in [0, 0.1) is 5.92 Å². The Labute approximate surface area is 244 Å². The number of rotatable bonds is 14. The molecule has 3 aromatic rings. The Kier molecular flexibility index (Phi) is 12.6. The summed E-state index contributed by atoms with van der Waals surface area (Å²) >= 11 is 1.38. The number of nitrogens with zero attached hydrogens (tertiary/aromatic N) is 1. The first-order valence-electron chi connectivity index (χ1n) is 13.6. The van der Waals surface area contributed by atoms with Crippen LogP contribution in [0.3, 0.4) is 0 Å². The number of ether oxygens (including phenoxy) is 1. The number of hydrogen-bond acceptors (Lipinski definition) is 7. The fourth-order valence-electron chi connectivity index (χ4n) is 4.38. The zero-order valence-electron chi connectivity index (χ0n) is 23.6. The summed E-state index contributed by atoms with van der Waals surface area (Å²) in [4.78, 5) is 42.8. The van der Waals surface area contributed by atoms with Crippen LogP contribution in [-0.2, 0) is 29.0 Å². The van der Waals surface area contributed by atoms with Crippen molar-refractivity contribution in [3.63, 3.8) is 0 Å². The van der Waals surface area contributed by atoms with Gasteiger partial charge in [0.25, 0.3) is 0 Å². The first kappa shape index (κ1) is 31.6. The summed E-state index contributed by atoms with van der Waals surface area (Å²) in [5.41, 5.74) is 3.56. The molecule has 5 N–H and O–H groups in total. The zero-order chi connectivity index (χ0) is 29.6. The van der Waals surface area contributed by atoms with Crippen LogP contribution in [0.15, 0.2) is 72.4 Å². The Morgan fingerprint density at radius 3 is 2.12 bits per heavy atom. The Hall–Kier alpha value is -3.96. The smallest absolute Gasteiger partial charge is 0.407 e. The standard InChI is InChI=1S/C30H39N5O5S/c1-20(2)27(35-29(38)31-3)28(37)33-23(14-21-10-6-4-7-11-21)16-26(36)25(15-22-12-8-5-9-13-22)34-30(39)40-18-24-17-32-19-41-24/h4-13,17,19-20,23,25-27,36H,14-16,18H2,1-3H3,(H,33,37)(H,34,39)(H2,31,35,38)/t23-,25-,26-,27-/m1/s1. The number of alkyl carbamates (subject to hydrolysis) is 1. The van der Waals surface area contributed by atoms with Gasteiger partial charge in [0.05, 0.1) is 22.5 Å². The summed E-state index contributed by atoms with van der Waals surface area (Å²) < 4.78 is 5.37. The number of nitrogens with one attached hydrogen (secondary N) is 4. The second kappa shape index (κ2) is 16.3. The fourth-order valence-corrected chi connectivity index (χ4v) is 4.89. The monoisotopic (exact) mass is 581 g/mol. The van der Waals surface area contributed by atoms with Gasteiger partial charge in [0.1, 0.15) is 12.6 Å². The number of aliphatic hydroxyl groups excluding tert-OH is 1. The lowest BCUT2D eigenvalue weighted by Crippen LogP contribution is -2.55. The predicted molar refractivity (Wildman–Crippen MR) is 158 cm³/mol. The van der Waals surface area contributed by atoms with Crippen LogP contribution in [0.25, 0.3) is 0 Å². The summed E-state index contributed by atoms with van der Waals surface area (Å²) in [6, 6.07) is 16.8. The van der Waals surface area contributed by atoms with Crippen molar-refractivity contribution in [1.82, 2.24) is 26.3 Å². The average molecular weight is 582 g/mol. The van der Waals surface area contributed by atoms with E-state index in [1.54, 1.807) is 11.7 Å². The van der Waals surface area contributed by atoms with E-state index in [4.69, 9.17) is 4.74 Å². The van der Waals surface area contributed by atoms with E-state index in [-0.39, 0.29) is 24.9 Å². The summed E-state index contributed by atoms with van der Waals surface area (Å²) in [7, 11) is 1.49. The first-order chi connectivity index (χ1) is 19.7. The van der Waals surface area contributed by atoms with E-state index in [0.717, 1.165) is 16.0 Å². The molecule has 0 aliphatic rings. The number of carbonyl (C=O) groups excluding carboxylic acids is 3. The highest BCUT2D eigenvalue weighted by molar-refractivity contribution is 7.09. The molecule has 11 heteroatoms. The third kappa shape index (κ3) is 10.8. The number of urea groups is 1. The SMILES string of the molecule is CNC(=O)N[C@@H](C(=O)N[C@H](Cc1ccccc1)C[C@@H](O)[C@@H](Cc1ccccc1)NC(=O)OCc1cncs1)C(C)C. The lowest BCUT2D eigenvalue weighted by Gasteiger charge is -2.30. The van der Waals surface area contributed by atoms with Crippen LogP contribution < -0.4 is 21.3 Å². The van der Waals surface area contributed by atoms with E-state index in [1.807, 2.05) is 74.5 Å². The van der Waals surface area contributed by atoms with Crippen molar-refractivity contribution in [2.75, 3.05) is 7.05 Å². The van der Waals surface area contributed by atoms with E-state index in [0.29, 0.717) is 12.8 Å².